The van der Waals surface area contributed by atoms with E-state index in [0.29, 0.717) is 0 Å². The lowest BCUT2D eigenvalue weighted by atomic mass is 9.72. The number of rotatable bonds is 6. The van der Waals surface area contributed by atoms with Crippen LogP contribution < -0.4 is 4.18 Å². The van der Waals surface area contributed by atoms with Crippen LogP contribution in [0.3, 0.4) is 0 Å². The van der Waals surface area contributed by atoms with Crippen LogP contribution in [0, 0.1) is 10.8 Å². The Labute approximate surface area is 218 Å². The van der Waals surface area contributed by atoms with E-state index in [4.69, 9.17) is 4.18 Å². The van der Waals surface area contributed by atoms with Crippen LogP contribution in [0.2, 0.25) is 0 Å². The highest BCUT2D eigenvalue weighted by atomic mass is 32.2. The van der Waals surface area contributed by atoms with E-state index in [1.807, 2.05) is 42.5 Å². The lowest BCUT2D eigenvalue weighted by Gasteiger charge is -2.33. The predicted octanol–water partition coefficient (Wildman–Crippen LogP) is 8.18. The third kappa shape index (κ3) is 5.60. The molecule has 0 heterocycles. The lowest BCUT2D eigenvalue weighted by molar-refractivity contribution is 0.284. The summed E-state index contributed by atoms with van der Waals surface area (Å²) in [4.78, 5) is 2.90. The van der Waals surface area contributed by atoms with Gasteiger partial charge < -0.3 is 9.29 Å². The molecule has 0 bridgehead atoms. The van der Waals surface area contributed by atoms with Crippen molar-refractivity contribution in [3.8, 4) is 22.6 Å². The van der Waals surface area contributed by atoms with Crippen molar-refractivity contribution in [2.45, 2.75) is 51.3 Å². The Balaban J connectivity index is 1.73. The van der Waals surface area contributed by atoms with E-state index in [0.717, 1.165) is 29.2 Å². The van der Waals surface area contributed by atoms with Gasteiger partial charge in [-0.1, -0.05) is 89.2 Å². The Morgan fingerprint density at radius 3 is 2.08 bits per heavy atom. The van der Waals surface area contributed by atoms with E-state index >= 15 is 0 Å². The maximum Gasteiger partial charge on any atom is 0.428 e. The van der Waals surface area contributed by atoms with Gasteiger partial charge in [0, 0.05) is 10.8 Å². The van der Waals surface area contributed by atoms with Crippen LogP contribution in [0.15, 0.2) is 83.8 Å². The van der Waals surface area contributed by atoms with Gasteiger partial charge in [-0.15, -0.1) is 0 Å². The Morgan fingerprint density at radius 2 is 1.49 bits per heavy atom. The van der Waals surface area contributed by atoms with Crippen LogP contribution in [-0.4, -0.2) is 13.5 Å². The first-order valence-corrected chi connectivity index (χ1v) is 13.5. The summed E-state index contributed by atoms with van der Waals surface area (Å²) < 4.78 is 32.3. The first-order chi connectivity index (χ1) is 17.3. The van der Waals surface area contributed by atoms with Crippen molar-refractivity contribution in [1.82, 2.24) is 0 Å². The SMILES string of the molecule is CC(C)(C)CC(C)(C)c1ccc(OS(=O)(=O)c2cc([N+]#N)c(O)c3cc(-c4ccccc4)ccc23)cc1. The molecule has 0 aliphatic rings. The summed E-state index contributed by atoms with van der Waals surface area (Å²) in [6, 6.07) is 22.7. The molecule has 0 radical (unpaired) electrons. The van der Waals surface area contributed by atoms with E-state index < -0.39 is 10.1 Å². The molecule has 0 unspecified atom stereocenters. The molecule has 0 aromatic heterocycles. The number of diazo groups is 1. The van der Waals surface area contributed by atoms with Gasteiger partial charge in [-0.3, -0.25) is 0 Å². The minimum atomic E-state index is -4.33. The molecular weight excluding hydrogens is 484 g/mol. The second-order valence-electron chi connectivity index (χ2n) is 11.2. The summed E-state index contributed by atoms with van der Waals surface area (Å²) in [7, 11) is -4.33. The number of hydrogen-bond acceptors (Lipinski definition) is 5. The van der Waals surface area contributed by atoms with E-state index in [1.54, 1.807) is 30.3 Å². The molecule has 6 nitrogen and oxygen atoms in total. The summed E-state index contributed by atoms with van der Waals surface area (Å²) >= 11 is 0. The number of hydrogen-bond donors (Lipinski definition) is 1. The highest BCUT2D eigenvalue weighted by molar-refractivity contribution is 7.87. The zero-order valence-corrected chi connectivity index (χ0v) is 22.5. The average Bonchev–Trinajstić information content (AvgIpc) is 2.83. The first-order valence-electron chi connectivity index (χ1n) is 12.1. The number of phenolic OH excluding ortho intramolecular Hbond substituents is 1. The maximum atomic E-state index is 13.4. The monoisotopic (exact) mass is 515 g/mol. The van der Waals surface area contributed by atoms with Gasteiger partial charge in [0.05, 0.1) is 6.07 Å². The average molecular weight is 516 g/mol. The molecule has 4 rings (SSSR count). The molecule has 37 heavy (non-hydrogen) atoms. The fraction of sp³-hybridized carbons (Fsp3) is 0.267. The fourth-order valence-corrected chi connectivity index (χ4v) is 6.18. The van der Waals surface area contributed by atoms with Crippen molar-refractivity contribution in [2.75, 3.05) is 0 Å². The highest BCUT2D eigenvalue weighted by Gasteiger charge is 2.30. The third-order valence-corrected chi connectivity index (χ3v) is 7.64. The molecule has 0 fully saturated rings. The number of benzene rings is 4. The topological polar surface area (TPSA) is 91.8 Å². The molecule has 0 saturated heterocycles. The van der Waals surface area contributed by atoms with Crippen LogP contribution in [0.1, 0.15) is 46.6 Å². The molecule has 0 aliphatic heterocycles. The Kier molecular flexibility index (Phi) is 6.74. The third-order valence-electron chi connectivity index (χ3n) is 6.35. The molecule has 4 aromatic rings. The summed E-state index contributed by atoms with van der Waals surface area (Å²) in [6.45, 7) is 10.9. The Hall–Kier alpha value is -3.89. The fourth-order valence-electron chi connectivity index (χ4n) is 5.02. The van der Waals surface area contributed by atoms with Crippen molar-refractivity contribution in [3.63, 3.8) is 0 Å². The predicted molar refractivity (Wildman–Crippen MR) is 147 cm³/mol. The summed E-state index contributed by atoms with van der Waals surface area (Å²) in [5.74, 6) is -0.153. The second-order valence-corrected chi connectivity index (χ2v) is 12.7. The zero-order valence-electron chi connectivity index (χ0n) is 21.7. The van der Waals surface area contributed by atoms with Gasteiger partial charge >= 0.3 is 15.8 Å². The molecule has 4 aromatic carbocycles. The first kappa shape index (κ1) is 26.2. The maximum absolute atomic E-state index is 13.4. The van der Waals surface area contributed by atoms with Gasteiger partial charge in [-0.2, -0.15) is 8.42 Å². The quantitative estimate of drug-likeness (QED) is 0.206. The van der Waals surface area contributed by atoms with Gasteiger partial charge in [-0.05, 0) is 52.1 Å². The largest absolute Gasteiger partial charge is 0.501 e. The van der Waals surface area contributed by atoms with Crippen molar-refractivity contribution in [1.29, 1.82) is 5.39 Å². The summed E-state index contributed by atoms with van der Waals surface area (Å²) in [5.41, 5.74) is 2.52. The molecule has 0 aliphatic carbocycles. The Bertz CT molecular complexity index is 1600. The second kappa shape index (κ2) is 9.53. The Morgan fingerprint density at radius 1 is 0.838 bits per heavy atom. The van der Waals surface area contributed by atoms with Crippen LogP contribution in [0.25, 0.3) is 26.9 Å². The van der Waals surface area contributed by atoms with Gasteiger partial charge in [0.1, 0.15) is 10.6 Å². The molecular formula is C30H31N2O4S+. The molecule has 1 N–H and O–H groups in total. The van der Waals surface area contributed by atoms with Crippen molar-refractivity contribution < 1.29 is 17.7 Å². The van der Waals surface area contributed by atoms with E-state index in [2.05, 4.69) is 39.6 Å². The summed E-state index contributed by atoms with van der Waals surface area (Å²) in [6.07, 6.45) is 0.955. The van der Waals surface area contributed by atoms with Crippen LogP contribution in [0.4, 0.5) is 5.69 Å². The van der Waals surface area contributed by atoms with Crippen molar-refractivity contribution >= 4 is 26.6 Å². The number of phenols is 1. The number of nitrogens with zero attached hydrogens (tertiary/aromatic N) is 2. The van der Waals surface area contributed by atoms with E-state index in [1.165, 1.54) is 0 Å². The van der Waals surface area contributed by atoms with Crippen LogP contribution in [0.5, 0.6) is 11.5 Å². The standard InChI is InChI=1S/C30H30N2O4S/c1-29(2,3)19-30(4,5)22-12-14-23(15-13-22)36-37(34,35)27-18-26(32-31)28(33)25-17-21(11-16-24(25)27)20-9-7-6-8-10-20/h6-18H,19H2,1-5H3/p+1. The van der Waals surface area contributed by atoms with Gasteiger partial charge in [0.2, 0.25) is 11.1 Å². The van der Waals surface area contributed by atoms with Crippen molar-refractivity contribution in [3.05, 3.63) is 89.4 Å². The zero-order chi connectivity index (χ0) is 27.0. The van der Waals surface area contributed by atoms with Crippen LogP contribution >= 0.6 is 0 Å². The molecule has 0 amide bonds. The van der Waals surface area contributed by atoms with Gasteiger partial charge in [0.25, 0.3) is 0 Å². The van der Waals surface area contributed by atoms with E-state index in [9.17, 15) is 18.9 Å². The minimum absolute atomic E-state index is 0.100. The smallest absolute Gasteiger partial charge is 0.428 e. The molecule has 7 heteroatoms. The van der Waals surface area contributed by atoms with Crippen molar-refractivity contribution in [2.24, 2.45) is 5.41 Å². The summed E-state index contributed by atoms with van der Waals surface area (Å²) in [5, 5.41) is 20.7. The van der Waals surface area contributed by atoms with Gasteiger partial charge in [0.15, 0.2) is 4.98 Å². The lowest BCUT2D eigenvalue weighted by Crippen LogP contribution is -2.24. The van der Waals surface area contributed by atoms with Crippen LogP contribution in [-0.2, 0) is 15.5 Å². The molecule has 0 saturated carbocycles. The van der Waals surface area contributed by atoms with Gasteiger partial charge in [-0.25, -0.2) is 0 Å². The number of aromatic hydroxyl groups is 1. The normalized spacial score (nSPS) is 12.3. The molecule has 0 atom stereocenters. The molecule has 190 valence electrons. The highest BCUT2D eigenvalue weighted by Crippen LogP contribution is 2.42. The minimum Gasteiger partial charge on any atom is -0.501 e. The molecule has 0 spiro atoms. The van der Waals surface area contributed by atoms with E-state index in [-0.39, 0.29) is 43.7 Å². The number of fused-ring (bicyclic) bond motifs is 1.